The summed E-state index contributed by atoms with van der Waals surface area (Å²) in [5, 5.41) is 3.23. The molecule has 0 atom stereocenters. The average Bonchev–Trinajstić information content (AvgIpc) is 3.12. The first-order valence-electron chi connectivity index (χ1n) is 7.24. The molecule has 0 unspecified atom stereocenters. The van der Waals surface area contributed by atoms with E-state index < -0.39 is 10.0 Å². The maximum absolute atomic E-state index is 12.3. The highest BCUT2D eigenvalue weighted by atomic mass is 35.5. The fraction of sp³-hybridized carbons (Fsp3) is 0.200. The molecule has 0 radical (unpaired) electrons. The average molecular weight is 416 g/mol. The van der Waals surface area contributed by atoms with Crippen LogP contribution < -0.4 is 10.0 Å². The molecule has 0 saturated heterocycles. The normalized spacial score (nSPS) is 11.8. The second kappa shape index (κ2) is 6.91. The van der Waals surface area contributed by atoms with Gasteiger partial charge >= 0.3 is 0 Å². The van der Waals surface area contributed by atoms with E-state index in [-0.39, 0.29) is 16.0 Å². The number of carbonyl (C=O) groups excluding carboxylic acids is 1. The zero-order chi connectivity index (χ0) is 18.2. The van der Waals surface area contributed by atoms with E-state index in [1.807, 2.05) is 0 Å². The summed E-state index contributed by atoms with van der Waals surface area (Å²) >= 11 is 8.12. The molecule has 0 bridgehead atoms. The number of rotatable bonds is 5. The van der Waals surface area contributed by atoms with Crippen LogP contribution in [0.4, 0.5) is 10.8 Å². The minimum absolute atomic E-state index is 0.116. The van der Waals surface area contributed by atoms with Crippen LogP contribution in [0.5, 0.6) is 0 Å². The predicted octanol–water partition coefficient (Wildman–Crippen LogP) is 4.41. The lowest BCUT2D eigenvalue weighted by atomic mass is 10.2. The van der Waals surface area contributed by atoms with Gasteiger partial charge in [-0.05, 0) is 30.3 Å². The number of aromatic nitrogens is 1. The summed E-state index contributed by atoms with van der Waals surface area (Å²) < 4.78 is 28.6. The molecule has 3 rings (SSSR count). The number of carbonyl (C=O) groups is 1. The van der Waals surface area contributed by atoms with E-state index >= 15 is 0 Å². The highest BCUT2D eigenvalue weighted by molar-refractivity contribution is 7.94. The molecule has 25 heavy (non-hydrogen) atoms. The molecule has 0 saturated carbocycles. The summed E-state index contributed by atoms with van der Waals surface area (Å²) in [4.78, 5) is 16.1. The third-order valence-electron chi connectivity index (χ3n) is 3.21. The van der Waals surface area contributed by atoms with Crippen LogP contribution in [0.1, 0.15) is 13.8 Å². The number of nitrogens with one attached hydrogen (secondary N) is 2. The smallest absolute Gasteiger partial charge is 0.271 e. The number of hydrogen-bond acceptors (Lipinski definition) is 6. The van der Waals surface area contributed by atoms with Crippen molar-refractivity contribution in [1.29, 1.82) is 0 Å². The van der Waals surface area contributed by atoms with Gasteiger partial charge < -0.3 is 5.32 Å². The number of thiazole rings is 1. The first-order valence-corrected chi connectivity index (χ1v) is 10.7. The Morgan fingerprint density at radius 2 is 1.96 bits per heavy atom. The molecule has 0 spiro atoms. The van der Waals surface area contributed by atoms with Gasteiger partial charge in [0.05, 0.1) is 20.2 Å². The van der Waals surface area contributed by atoms with Crippen LogP contribution in [0.15, 0.2) is 34.5 Å². The van der Waals surface area contributed by atoms with Crippen molar-refractivity contribution in [2.75, 3.05) is 10.0 Å². The van der Waals surface area contributed by atoms with Crippen LogP contribution in [0, 0.1) is 5.92 Å². The number of sulfonamides is 1. The maximum atomic E-state index is 12.3. The van der Waals surface area contributed by atoms with Crippen LogP contribution in [0.2, 0.25) is 4.34 Å². The number of thiophene rings is 1. The SMILES string of the molecule is CC(C)C(=O)Nc1nc2cc(NS(=O)(=O)c3ccc(Cl)s3)ccc2s1. The molecule has 0 aliphatic rings. The zero-order valence-corrected chi connectivity index (χ0v) is 16.4. The van der Waals surface area contributed by atoms with Crippen molar-refractivity contribution in [2.24, 2.45) is 5.92 Å². The van der Waals surface area contributed by atoms with E-state index in [1.54, 1.807) is 32.0 Å². The zero-order valence-electron chi connectivity index (χ0n) is 13.2. The Morgan fingerprint density at radius 1 is 1.20 bits per heavy atom. The lowest BCUT2D eigenvalue weighted by molar-refractivity contribution is -0.118. The number of anilines is 2. The van der Waals surface area contributed by atoms with Gasteiger partial charge in [0, 0.05) is 5.92 Å². The van der Waals surface area contributed by atoms with Gasteiger partial charge in [0.1, 0.15) is 4.21 Å². The minimum atomic E-state index is -3.69. The topological polar surface area (TPSA) is 88.2 Å². The van der Waals surface area contributed by atoms with E-state index in [4.69, 9.17) is 11.6 Å². The fourth-order valence-electron chi connectivity index (χ4n) is 1.94. The lowest BCUT2D eigenvalue weighted by Crippen LogP contribution is -2.17. The monoisotopic (exact) mass is 415 g/mol. The minimum Gasteiger partial charge on any atom is -0.302 e. The quantitative estimate of drug-likeness (QED) is 0.646. The maximum Gasteiger partial charge on any atom is 0.271 e. The molecule has 2 heterocycles. The van der Waals surface area contributed by atoms with Gasteiger partial charge in [0.15, 0.2) is 5.13 Å². The van der Waals surface area contributed by atoms with Crippen LogP contribution in [-0.2, 0) is 14.8 Å². The molecule has 6 nitrogen and oxygen atoms in total. The molecular formula is C15H14ClN3O3S3. The highest BCUT2D eigenvalue weighted by Gasteiger charge is 2.17. The van der Waals surface area contributed by atoms with Crippen molar-refractivity contribution in [3.8, 4) is 0 Å². The summed E-state index contributed by atoms with van der Waals surface area (Å²) in [5.41, 5.74) is 0.998. The van der Waals surface area contributed by atoms with Gasteiger partial charge in [-0.3, -0.25) is 9.52 Å². The molecule has 0 fully saturated rings. The summed E-state index contributed by atoms with van der Waals surface area (Å²) in [6.45, 7) is 3.60. The van der Waals surface area contributed by atoms with Gasteiger partial charge in [-0.15, -0.1) is 11.3 Å². The summed E-state index contributed by atoms with van der Waals surface area (Å²) in [6, 6.07) is 8.03. The van der Waals surface area contributed by atoms with Crippen molar-refractivity contribution in [1.82, 2.24) is 4.98 Å². The fourth-order valence-corrected chi connectivity index (χ4v) is 5.32. The second-order valence-corrected chi connectivity index (χ2v) is 10.2. The number of benzene rings is 1. The standard InChI is InChI=1S/C15H14ClN3O3S3/c1-8(2)14(20)18-15-17-10-7-9(3-4-11(10)23-15)19-25(21,22)13-6-5-12(16)24-13/h3-8,19H,1-2H3,(H,17,18,20). The van der Waals surface area contributed by atoms with Crippen molar-refractivity contribution >= 4 is 71.2 Å². The van der Waals surface area contributed by atoms with Crippen molar-refractivity contribution in [3.05, 3.63) is 34.7 Å². The van der Waals surface area contributed by atoms with Crippen LogP contribution in [0.3, 0.4) is 0 Å². The first-order chi connectivity index (χ1) is 11.7. The van der Waals surface area contributed by atoms with Crippen LogP contribution >= 0.6 is 34.3 Å². The first kappa shape index (κ1) is 18.1. The molecule has 0 aliphatic heterocycles. The van der Waals surface area contributed by atoms with E-state index in [0.717, 1.165) is 16.0 Å². The van der Waals surface area contributed by atoms with Crippen LogP contribution in [-0.4, -0.2) is 19.3 Å². The van der Waals surface area contributed by atoms with E-state index in [0.29, 0.717) is 20.7 Å². The Balaban J connectivity index is 1.85. The Labute approximate surface area is 157 Å². The van der Waals surface area contributed by atoms with Gasteiger partial charge in [0.25, 0.3) is 10.0 Å². The molecule has 10 heteroatoms. The number of hydrogen-bond donors (Lipinski definition) is 2. The molecule has 0 aliphatic carbocycles. The van der Waals surface area contributed by atoms with Crippen LogP contribution in [0.25, 0.3) is 10.2 Å². The predicted molar refractivity (Wildman–Crippen MR) is 103 cm³/mol. The largest absolute Gasteiger partial charge is 0.302 e. The molecule has 2 aromatic heterocycles. The number of nitrogens with zero attached hydrogens (tertiary/aromatic N) is 1. The lowest BCUT2D eigenvalue weighted by Gasteiger charge is -2.05. The number of halogens is 1. The molecule has 3 aromatic rings. The molecule has 132 valence electrons. The highest BCUT2D eigenvalue weighted by Crippen LogP contribution is 2.31. The van der Waals surface area contributed by atoms with Gasteiger partial charge in [-0.2, -0.15) is 0 Å². The Kier molecular flexibility index (Phi) is 5.01. The van der Waals surface area contributed by atoms with Gasteiger partial charge in [0.2, 0.25) is 5.91 Å². The molecule has 1 amide bonds. The molecule has 1 aromatic carbocycles. The summed E-state index contributed by atoms with van der Waals surface area (Å²) in [7, 11) is -3.69. The van der Waals surface area contributed by atoms with E-state index in [9.17, 15) is 13.2 Å². The number of amides is 1. The van der Waals surface area contributed by atoms with E-state index in [2.05, 4.69) is 15.0 Å². The number of fused-ring (bicyclic) bond motifs is 1. The van der Waals surface area contributed by atoms with Gasteiger partial charge in [-0.1, -0.05) is 36.8 Å². The van der Waals surface area contributed by atoms with Crippen molar-refractivity contribution in [2.45, 2.75) is 18.1 Å². The summed E-state index contributed by atoms with van der Waals surface area (Å²) in [6.07, 6.45) is 0. The third kappa shape index (κ3) is 4.12. The Morgan fingerprint density at radius 3 is 2.60 bits per heavy atom. The van der Waals surface area contributed by atoms with E-state index in [1.165, 1.54) is 23.5 Å². The molecular weight excluding hydrogens is 402 g/mol. The Hall–Kier alpha value is -1.68. The van der Waals surface area contributed by atoms with Gasteiger partial charge in [-0.25, -0.2) is 13.4 Å². The second-order valence-electron chi connectivity index (χ2n) is 5.51. The third-order valence-corrected chi connectivity index (χ3v) is 7.26. The summed E-state index contributed by atoms with van der Waals surface area (Å²) in [5.74, 6) is -0.262. The Bertz CT molecular complexity index is 1040. The van der Waals surface area contributed by atoms with Crippen molar-refractivity contribution < 1.29 is 13.2 Å². The van der Waals surface area contributed by atoms with Crippen molar-refractivity contribution in [3.63, 3.8) is 0 Å². The molecule has 2 N–H and O–H groups in total.